The quantitative estimate of drug-likeness (QED) is 0.615. The van der Waals surface area contributed by atoms with Crippen molar-refractivity contribution in [3.8, 4) is 12.3 Å². The average Bonchev–Trinajstić information content (AvgIpc) is 2.06. The molecule has 0 bridgehead atoms. The van der Waals surface area contributed by atoms with Gasteiger partial charge in [-0.05, 0) is 19.4 Å². The lowest BCUT2D eigenvalue weighted by Crippen LogP contribution is -2.41. The number of hydrogen-bond donors (Lipinski definition) is 1. The first-order valence-electron chi connectivity index (χ1n) is 4.26. The fraction of sp³-hybridized carbons (Fsp3) is 0.600. The molecule has 0 saturated carbocycles. The Labute approximate surface area is 74.0 Å². The topological polar surface area (TPSA) is 21.3 Å². The van der Waals surface area contributed by atoms with E-state index in [1.807, 2.05) is 6.08 Å². The van der Waals surface area contributed by atoms with E-state index < -0.39 is 0 Å². The molecule has 0 spiro atoms. The predicted octanol–water partition coefficient (Wildman–Crippen LogP) is 0.944. The molecule has 1 rings (SSSR count). The van der Waals surface area contributed by atoms with Crippen LogP contribution in [0.1, 0.15) is 13.3 Å². The van der Waals surface area contributed by atoms with Crippen LogP contribution in [0, 0.1) is 12.3 Å². The molecule has 0 aromatic carbocycles. The van der Waals surface area contributed by atoms with Gasteiger partial charge in [-0.1, -0.05) is 11.5 Å². The van der Waals surface area contributed by atoms with Gasteiger partial charge in [-0.2, -0.15) is 0 Å². The van der Waals surface area contributed by atoms with Gasteiger partial charge in [-0.25, -0.2) is 0 Å². The molecule has 1 heterocycles. The highest BCUT2D eigenvalue weighted by Crippen LogP contribution is 2.06. The van der Waals surface area contributed by atoms with E-state index >= 15 is 0 Å². The van der Waals surface area contributed by atoms with Gasteiger partial charge in [0, 0.05) is 12.6 Å². The first-order valence-corrected chi connectivity index (χ1v) is 4.26. The molecule has 0 aromatic heterocycles. The summed E-state index contributed by atoms with van der Waals surface area (Å²) in [5, 5.41) is 3.37. The molecule has 1 unspecified atom stereocenters. The number of allylic oxidation sites excluding steroid dienone is 1. The van der Waals surface area contributed by atoms with E-state index in [4.69, 9.17) is 11.2 Å². The maximum Gasteiger partial charge on any atom is 0.0623 e. The van der Waals surface area contributed by atoms with Gasteiger partial charge in [0.25, 0.3) is 0 Å². The minimum atomic E-state index is 0.448. The summed E-state index contributed by atoms with van der Waals surface area (Å²) in [4.78, 5) is 0. The van der Waals surface area contributed by atoms with E-state index in [1.165, 1.54) is 5.57 Å². The van der Waals surface area contributed by atoms with E-state index in [-0.39, 0.29) is 0 Å². The van der Waals surface area contributed by atoms with Crippen LogP contribution in [0.15, 0.2) is 11.6 Å². The Kier molecular flexibility index (Phi) is 3.86. The maximum atomic E-state index is 5.32. The van der Waals surface area contributed by atoms with Crippen LogP contribution in [0.5, 0.6) is 0 Å². The summed E-state index contributed by atoms with van der Waals surface area (Å²) < 4.78 is 5.32. The average molecular weight is 165 g/mol. The molecule has 12 heavy (non-hydrogen) atoms. The highest BCUT2D eigenvalue weighted by molar-refractivity contribution is 5.16. The summed E-state index contributed by atoms with van der Waals surface area (Å²) >= 11 is 0. The van der Waals surface area contributed by atoms with Gasteiger partial charge in [-0.3, -0.25) is 0 Å². The van der Waals surface area contributed by atoms with E-state index in [2.05, 4.69) is 18.2 Å². The second kappa shape index (κ2) is 4.97. The first kappa shape index (κ1) is 9.31. The smallest absolute Gasteiger partial charge is 0.0623 e. The van der Waals surface area contributed by atoms with E-state index in [0.29, 0.717) is 6.04 Å². The number of nitrogens with one attached hydrogen (secondary N) is 1. The normalized spacial score (nSPS) is 25.0. The van der Waals surface area contributed by atoms with E-state index in [0.717, 1.165) is 26.2 Å². The Morgan fingerprint density at radius 1 is 1.83 bits per heavy atom. The van der Waals surface area contributed by atoms with E-state index in [9.17, 15) is 0 Å². The van der Waals surface area contributed by atoms with Crippen molar-refractivity contribution in [1.82, 2.24) is 5.32 Å². The summed E-state index contributed by atoms with van der Waals surface area (Å²) in [5.41, 5.74) is 1.24. The van der Waals surface area contributed by atoms with Crippen molar-refractivity contribution in [3.63, 3.8) is 0 Å². The molecule has 0 aromatic rings. The van der Waals surface area contributed by atoms with E-state index in [1.54, 1.807) is 0 Å². The number of ether oxygens (including phenoxy) is 1. The summed E-state index contributed by atoms with van der Waals surface area (Å²) in [5.74, 6) is 2.53. The number of morpholine rings is 1. The number of hydrogen-bond acceptors (Lipinski definition) is 2. The number of rotatable bonds is 2. The molecule has 0 aliphatic carbocycles. The second-order valence-corrected chi connectivity index (χ2v) is 3.09. The lowest BCUT2D eigenvalue weighted by molar-refractivity contribution is 0.0770. The Bertz CT molecular complexity index is 196. The van der Waals surface area contributed by atoms with Crippen LogP contribution in [0.2, 0.25) is 0 Å². The second-order valence-electron chi connectivity index (χ2n) is 3.09. The monoisotopic (exact) mass is 165 g/mol. The van der Waals surface area contributed by atoms with Gasteiger partial charge >= 0.3 is 0 Å². The van der Waals surface area contributed by atoms with Crippen LogP contribution in [-0.4, -0.2) is 25.8 Å². The van der Waals surface area contributed by atoms with Crippen LogP contribution in [0.25, 0.3) is 0 Å². The molecule has 2 nitrogen and oxygen atoms in total. The molecule has 0 amide bonds. The van der Waals surface area contributed by atoms with Crippen LogP contribution in [0.4, 0.5) is 0 Å². The molecule has 1 saturated heterocycles. The van der Waals surface area contributed by atoms with Crippen molar-refractivity contribution in [3.05, 3.63) is 11.6 Å². The Hall–Kier alpha value is -0.780. The zero-order valence-corrected chi connectivity index (χ0v) is 7.47. The van der Waals surface area contributed by atoms with Crippen molar-refractivity contribution in [2.24, 2.45) is 0 Å². The third-order valence-corrected chi connectivity index (χ3v) is 1.90. The molecule has 1 aliphatic heterocycles. The largest absolute Gasteiger partial charge is 0.379 e. The molecule has 1 N–H and O–H groups in total. The zero-order valence-electron chi connectivity index (χ0n) is 7.47. The van der Waals surface area contributed by atoms with Gasteiger partial charge in [0.05, 0.1) is 13.2 Å². The Balaban J connectivity index is 2.30. The standard InChI is InChI=1S/C10H15NO/c1-3-4-9(2)7-10-8-12-6-5-11-10/h1,4,10-11H,5-8H2,2H3. The highest BCUT2D eigenvalue weighted by Gasteiger charge is 2.12. The zero-order chi connectivity index (χ0) is 8.81. The van der Waals surface area contributed by atoms with Gasteiger partial charge in [-0.15, -0.1) is 6.42 Å². The van der Waals surface area contributed by atoms with Crippen molar-refractivity contribution in [2.75, 3.05) is 19.8 Å². The number of terminal acetylenes is 1. The van der Waals surface area contributed by atoms with Crippen LogP contribution in [0.3, 0.4) is 0 Å². The molecular formula is C10H15NO. The predicted molar refractivity (Wildman–Crippen MR) is 49.8 cm³/mol. The molecule has 66 valence electrons. The minimum Gasteiger partial charge on any atom is -0.379 e. The van der Waals surface area contributed by atoms with Crippen LogP contribution >= 0.6 is 0 Å². The summed E-state index contributed by atoms with van der Waals surface area (Å²) in [6, 6.07) is 0.448. The first-order chi connectivity index (χ1) is 5.83. The molecule has 0 radical (unpaired) electrons. The summed E-state index contributed by atoms with van der Waals surface area (Å²) in [7, 11) is 0. The fourth-order valence-electron chi connectivity index (χ4n) is 1.34. The van der Waals surface area contributed by atoms with Crippen molar-refractivity contribution >= 4 is 0 Å². The lowest BCUT2D eigenvalue weighted by atomic mass is 10.1. The van der Waals surface area contributed by atoms with Gasteiger partial charge in [0.15, 0.2) is 0 Å². The third-order valence-electron chi connectivity index (χ3n) is 1.90. The van der Waals surface area contributed by atoms with Gasteiger partial charge < -0.3 is 10.1 Å². The fourth-order valence-corrected chi connectivity index (χ4v) is 1.34. The van der Waals surface area contributed by atoms with Crippen LogP contribution < -0.4 is 5.32 Å². The highest BCUT2D eigenvalue weighted by atomic mass is 16.5. The SMILES string of the molecule is C#CC=C(C)CC1COCCN1. The molecule has 1 aliphatic rings. The van der Waals surface area contributed by atoms with Gasteiger partial charge in [0.1, 0.15) is 0 Å². The minimum absolute atomic E-state index is 0.448. The summed E-state index contributed by atoms with van der Waals surface area (Å²) in [6.07, 6.45) is 7.96. The van der Waals surface area contributed by atoms with Crippen molar-refractivity contribution in [1.29, 1.82) is 0 Å². The Morgan fingerprint density at radius 3 is 3.25 bits per heavy atom. The van der Waals surface area contributed by atoms with Crippen molar-refractivity contribution in [2.45, 2.75) is 19.4 Å². The third kappa shape index (κ3) is 3.08. The molecule has 2 heteroatoms. The molecule has 1 atom stereocenters. The molecule has 1 fully saturated rings. The maximum absolute atomic E-state index is 5.32. The van der Waals surface area contributed by atoms with Gasteiger partial charge in [0.2, 0.25) is 0 Å². The molecular weight excluding hydrogens is 150 g/mol. The van der Waals surface area contributed by atoms with Crippen LogP contribution in [-0.2, 0) is 4.74 Å². The summed E-state index contributed by atoms with van der Waals surface area (Å²) in [6.45, 7) is 4.63. The van der Waals surface area contributed by atoms with Crippen molar-refractivity contribution < 1.29 is 4.74 Å². The lowest BCUT2D eigenvalue weighted by Gasteiger charge is -2.23. The Morgan fingerprint density at radius 2 is 2.67 bits per heavy atom.